The first-order valence-electron chi connectivity index (χ1n) is 21.6. The maximum atomic E-state index is 13.2. The van der Waals surface area contributed by atoms with Gasteiger partial charge in [0.2, 0.25) is 0 Å². The molecule has 0 spiro atoms. The fourth-order valence-electron chi connectivity index (χ4n) is 13.2. The van der Waals surface area contributed by atoms with Crippen LogP contribution in [0.2, 0.25) is 5.02 Å². The minimum atomic E-state index is -1.18. The average Bonchev–Trinajstić information content (AvgIpc) is 3.10. The molecule has 57 heavy (non-hydrogen) atoms. The second kappa shape index (κ2) is 16.4. The van der Waals surface area contributed by atoms with Gasteiger partial charge in [-0.05, 0) is 137 Å². The molecule has 0 aromatic heterocycles. The van der Waals surface area contributed by atoms with Crippen LogP contribution in [0.3, 0.4) is 0 Å². The first-order chi connectivity index (χ1) is 26.4. The molecule has 4 fully saturated rings. The zero-order chi connectivity index (χ0) is 42.5. The number of carbonyl (C=O) groups excluding carboxylic acids is 3. The van der Waals surface area contributed by atoms with Gasteiger partial charge in [0.05, 0.1) is 11.8 Å². The quantitative estimate of drug-likeness (QED) is 0.119. The van der Waals surface area contributed by atoms with Gasteiger partial charge in [0.1, 0.15) is 18.5 Å². The molecule has 0 amide bonds. The van der Waals surface area contributed by atoms with E-state index in [1.807, 2.05) is 24.3 Å². The smallest absolute Gasteiger partial charge is 0.309 e. The molecule has 0 aliphatic heterocycles. The highest BCUT2D eigenvalue weighted by Gasteiger charge is 2.70. The minimum absolute atomic E-state index is 0.0183. The Balaban J connectivity index is 1.49. The molecule has 0 heterocycles. The van der Waals surface area contributed by atoms with Crippen molar-refractivity contribution < 1.29 is 33.8 Å². The Kier molecular flexibility index (Phi) is 13.0. The van der Waals surface area contributed by atoms with Gasteiger partial charge in [0, 0.05) is 42.3 Å². The predicted octanol–water partition coefficient (Wildman–Crippen LogP) is 10.7. The van der Waals surface area contributed by atoms with E-state index in [1.165, 1.54) is 18.1 Å². The van der Waals surface area contributed by atoms with Crippen LogP contribution in [0.4, 0.5) is 0 Å². The van der Waals surface area contributed by atoms with E-state index in [9.17, 15) is 24.3 Å². The van der Waals surface area contributed by atoms with E-state index in [0.717, 1.165) is 63.2 Å². The number of nitrogens with zero attached hydrogens (tertiary/aromatic N) is 1. The standard InChI is InChI=1S/C48H72ClNO7/c1-30(2)31(3)41-35-17-18-37-45(9)21-20-38(57-40(53)27-43(5,6)42(54)55)44(7,8)36(45)19-22-47(37,11)46(35,10)23-24-48(41,25-26-51)39(56-32(4)52)29-50(12)28-33-13-15-34(49)16-14-33/h13-16,26,30,35-39H,17-25,27-29H2,1-12H3,(H,54,55)/b41-31+/t35-,36+,37-,38+,39-,45+,46-,47-,48+/m1/s1. The predicted molar refractivity (Wildman–Crippen MR) is 225 cm³/mol. The zero-order valence-corrected chi connectivity index (χ0v) is 37.8. The minimum Gasteiger partial charge on any atom is -0.481 e. The van der Waals surface area contributed by atoms with E-state index >= 15 is 0 Å². The summed E-state index contributed by atoms with van der Waals surface area (Å²) in [6.07, 6.45) is 8.07. The average molecular weight is 811 g/mol. The van der Waals surface area contributed by atoms with Crippen molar-refractivity contribution in [2.45, 2.75) is 159 Å². The Morgan fingerprint density at radius 2 is 1.58 bits per heavy atom. The molecule has 1 aromatic carbocycles. The van der Waals surface area contributed by atoms with Crippen LogP contribution < -0.4 is 0 Å². The number of esters is 2. The molecule has 9 atom stereocenters. The van der Waals surface area contributed by atoms with Gasteiger partial charge in [-0.2, -0.15) is 0 Å². The number of hydrogen-bond acceptors (Lipinski definition) is 7. The number of aldehydes is 1. The second-order valence-corrected chi connectivity index (χ2v) is 21.5. The van der Waals surface area contributed by atoms with Crippen LogP contribution in [0, 0.1) is 56.2 Å². The van der Waals surface area contributed by atoms with Gasteiger partial charge in [-0.3, -0.25) is 19.3 Å². The summed E-state index contributed by atoms with van der Waals surface area (Å²) >= 11 is 6.20. The second-order valence-electron chi connectivity index (χ2n) is 21.0. The van der Waals surface area contributed by atoms with E-state index in [-0.39, 0.29) is 52.0 Å². The number of allylic oxidation sites excluding steroid dienone is 1. The maximum absolute atomic E-state index is 13.2. The van der Waals surface area contributed by atoms with E-state index in [0.29, 0.717) is 36.4 Å². The van der Waals surface area contributed by atoms with Crippen molar-refractivity contribution in [3.8, 4) is 0 Å². The number of benzene rings is 1. The van der Waals surface area contributed by atoms with E-state index < -0.39 is 28.9 Å². The molecule has 1 aromatic rings. The molecule has 8 nitrogen and oxygen atoms in total. The first kappa shape index (κ1) is 45.4. The highest BCUT2D eigenvalue weighted by Crippen LogP contribution is 2.76. The topological polar surface area (TPSA) is 110 Å². The molecular formula is C48H72ClNO7. The largest absolute Gasteiger partial charge is 0.481 e. The number of halogens is 1. The van der Waals surface area contributed by atoms with Gasteiger partial charge < -0.3 is 19.4 Å². The molecule has 0 bridgehead atoms. The number of rotatable bonds is 13. The summed E-state index contributed by atoms with van der Waals surface area (Å²) in [6, 6.07) is 7.85. The van der Waals surface area contributed by atoms with E-state index in [4.69, 9.17) is 21.1 Å². The maximum Gasteiger partial charge on any atom is 0.309 e. The summed E-state index contributed by atoms with van der Waals surface area (Å²) in [6.45, 7) is 24.7. The summed E-state index contributed by atoms with van der Waals surface area (Å²) in [4.78, 5) is 53.1. The monoisotopic (exact) mass is 809 g/mol. The first-order valence-corrected chi connectivity index (χ1v) is 22.0. The number of carboxylic acid groups (broad SMARTS) is 1. The highest BCUT2D eigenvalue weighted by molar-refractivity contribution is 6.30. The molecule has 0 radical (unpaired) electrons. The van der Waals surface area contributed by atoms with Crippen LogP contribution in [-0.2, 0) is 35.2 Å². The van der Waals surface area contributed by atoms with Crippen molar-refractivity contribution >= 4 is 35.8 Å². The SMILES string of the molecule is CC(=O)O[C@H](CN(C)Cc1ccc(Cl)cc1)[C@@]1(CC=O)CC[C@]2(C)[C@H](CC[C@@H]3[C@@]4(C)CC[C@H](OC(=O)CC(C)(C)C(=O)O)C(C)(C)[C@@H]4CC[C@]32C)/C1=C(/C)C(C)C. The van der Waals surface area contributed by atoms with Crippen molar-refractivity contribution in [1.82, 2.24) is 4.90 Å². The fraction of sp³-hybridized carbons (Fsp3) is 0.750. The molecular weight excluding hydrogens is 738 g/mol. The third-order valence-corrected chi connectivity index (χ3v) is 17.0. The van der Waals surface area contributed by atoms with Crippen molar-refractivity contribution in [2.24, 2.45) is 56.2 Å². The molecule has 0 unspecified atom stereocenters. The summed E-state index contributed by atoms with van der Waals surface area (Å²) in [7, 11) is 2.06. The van der Waals surface area contributed by atoms with Gasteiger partial charge in [-0.15, -0.1) is 0 Å². The number of ether oxygens (including phenoxy) is 2. The van der Waals surface area contributed by atoms with Crippen molar-refractivity contribution in [1.29, 1.82) is 0 Å². The van der Waals surface area contributed by atoms with Gasteiger partial charge in [0.25, 0.3) is 0 Å². The van der Waals surface area contributed by atoms with Crippen LogP contribution in [0.25, 0.3) is 0 Å². The summed E-state index contributed by atoms with van der Waals surface area (Å²) in [5.41, 5.74) is 1.73. The van der Waals surface area contributed by atoms with Crippen molar-refractivity contribution in [3.05, 3.63) is 46.0 Å². The zero-order valence-electron chi connectivity index (χ0n) is 37.1. The van der Waals surface area contributed by atoms with Crippen LogP contribution in [0.5, 0.6) is 0 Å². The Hall–Kier alpha value is -2.71. The van der Waals surface area contributed by atoms with Gasteiger partial charge in [-0.25, -0.2) is 0 Å². The number of carbonyl (C=O) groups is 4. The Bertz CT molecular complexity index is 1720. The molecule has 0 saturated heterocycles. The number of carboxylic acids is 1. The molecule has 1 N–H and O–H groups in total. The van der Waals surface area contributed by atoms with Crippen LogP contribution in [-0.4, -0.2) is 60.0 Å². The highest BCUT2D eigenvalue weighted by atomic mass is 35.5. The number of hydrogen-bond donors (Lipinski definition) is 1. The number of fused-ring (bicyclic) bond motifs is 5. The van der Waals surface area contributed by atoms with Crippen LogP contribution >= 0.6 is 11.6 Å². The lowest BCUT2D eigenvalue weighted by molar-refractivity contribution is -0.236. The molecule has 9 heteroatoms. The van der Waals surface area contributed by atoms with Gasteiger partial charge in [0.15, 0.2) is 0 Å². The summed E-state index contributed by atoms with van der Waals surface area (Å²) in [5.74, 6) is -0.452. The fourth-order valence-corrected chi connectivity index (χ4v) is 13.3. The normalized spacial score (nSPS) is 35.0. The Morgan fingerprint density at radius 1 is 0.930 bits per heavy atom. The van der Waals surface area contributed by atoms with E-state index in [1.54, 1.807) is 13.8 Å². The Morgan fingerprint density at radius 3 is 2.16 bits per heavy atom. The molecule has 4 aliphatic carbocycles. The van der Waals surface area contributed by atoms with Gasteiger partial charge >= 0.3 is 17.9 Å². The van der Waals surface area contributed by atoms with Crippen LogP contribution in [0.15, 0.2) is 35.4 Å². The van der Waals surface area contributed by atoms with Gasteiger partial charge in [-0.1, -0.05) is 83.3 Å². The molecule has 4 saturated carbocycles. The Labute approximate surface area is 348 Å². The number of aliphatic carboxylic acids is 1. The lowest BCUT2D eigenvalue weighted by Gasteiger charge is -2.72. The van der Waals surface area contributed by atoms with E-state index in [2.05, 4.69) is 67.3 Å². The lowest BCUT2D eigenvalue weighted by Crippen LogP contribution is -2.66. The van der Waals surface area contributed by atoms with Crippen molar-refractivity contribution in [3.63, 3.8) is 0 Å². The van der Waals surface area contributed by atoms with Crippen molar-refractivity contribution in [2.75, 3.05) is 13.6 Å². The molecule has 5 rings (SSSR count). The van der Waals surface area contributed by atoms with Crippen LogP contribution in [0.1, 0.15) is 146 Å². The third kappa shape index (κ3) is 8.13. The lowest BCUT2D eigenvalue weighted by atomic mass is 9.32. The summed E-state index contributed by atoms with van der Waals surface area (Å²) < 4.78 is 12.6. The number of likely N-dealkylation sites (N-methyl/N-ethyl adjacent to an activating group) is 1. The molecule has 4 aliphatic rings. The summed E-state index contributed by atoms with van der Waals surface area (Å²) in [5, 5.41) is 10.3. The molecule has 318 valence electrons. The third-order valence-electron chi connectivity index (χ3n) is 16.7.